The molecule has 2 heterocycles. The van der Waals surface area contributed by atoms with Crippen molar-refractivity contribution in [2.45, 2.75) is 18.9 Å². The van der Waals surface area contributed by atoms with Gasteiger partial charge in [-0.25, -0.2) is 0 Å². The molecule has 24 heavy (non-hydrogen) atoms. The van der Waals surface area contributed by atoms with Crippen LogP contribution in [-0.2, 0) is 23.1 Å². The van der Waals surface area contributed by atoms with Crippen LogP contribution in [0.2, 0.25) is 5.02 Å². The zero-order chi connectivity index (χ0) is 17.3. The number of hydrogen-bond donors (Lipinski definition) is 0. The molecule has 0 radical (unpaired) electrons. The lowest BCUT2D eigenvalue weighted by molar-refractivity contribution is -0.136. The van der Waals surface area contributed by atoms with Gasteiger partial charge in [-0.1, -0.05) is 23.7 Å². The van der Waals surface area contributed by atoms with Crippen LogP contribution < -0.4 is 4.90 Å². The fourth-order valence-electron chi connectivity index (χ4n) is 2.94. The quantitative estimate of drug-likeness (QED) is 0.849. The van der Waals surface area contributed by atoms with Crippen LogP contribution in [0.3, 0.4) is 0 Å². The van der Waals surface area contributed by atoms with Crippen molar-refractivity contribution in [1.29, 1.82) is 0 Å². The molecular formula is C17H19ClN4O2. The van der Waals surface area contributed by atoms with Gasteiger partial charge >= 0.3 is 0 Å². The van der Waals surface area contributed by atoms with Crippen LogP contribution in [0, 0.1) is 0 Å². The number of likely N-dealkylation sites (N-methyl/N-ethyl adjacent to an activating group) is 1. The molecular weight excluding hydrogens is 328 g/mol. The van der Waals surface area contributed by atoms with Gasteiger partial charge in [-0.05, 0) is 24.6 Å². The molecule has 6 nitrogen and oxygen atoms in total. The molecule has 1 fully saturated rings. The van der Waals surface area contributed by atoms with E-state index in [0.29, 0.717) is 29.4 Å². The van der Waals surface area contributed by atoms with Crippen molar-refractivity contribution in [3.05, 3.63) is 47.2 Å². The Bertz CT molecular complexity index is 773. The van der Waals surface area contributed by atoms with Crippen LogP contribution in [0.1, 0.15) is 12.1 Å². The second kappa shape index (κ2) is 6.65. The lowest BCUT2D eigenvalue weighted by Gasteiger charge is -2.24. The monoisotopic (exact) mass is 346 g/mol. The molecule has 0 saturated carbocycles. The Hall–Kier alpha value is -2.34. The van der Waals surface area contributed by atoms with E-state index in [1.807, 2.05) is 18.2 Å². The number of halogens is 1. The third kappa shape index (κ3) is 3.14. The third-order valence-corrected chi connectivity index (χ3v) is 4.60. The Labute approximate surface area is 145 Å². The van der Waals surface area contributed by atoms with Gasteiger partial charge in [0.25, 0.3) is 0 Å². The second-order valence-corrected chi connectivity index (χ2v) is 6.32. The second-order valence-electron chi connectivity index (χ2n) is 5.91. The number of anilines is 1. The number of amides is 2. The molecule has 7 heteroatoms. The largest absolute Gasteiger partial charge is 0.333 e. The van der Waals surface area contributed by atoms with Gasteiger partial charge in [0.2, 0.25) is 11.8 Å². The molecule has 1 aromatic heterocycles. The fourth-order valence-corrected chi connectivity index (χ4v) is 3.18. The van der Waals surface area contributed by atoms with E-state index in [1.165, 1.54) is 4.90 Å². The Morgan fingerprint density at radius 1 is 1.38 bits per heavy atom. The van der Waals surface area contributed by atoms with E-state index < -0.39 is 6.04 Å². The summed E-state index contributed by atoms with van der Waals surface area (Å²) in [6.07, 6.45) is 2.57. The van der Waals surface area contributed by atoms with Gasteiger partial charge in [0.15, 0.2) is 0 Å². The first-order valence-electron chi connectivity index (χ1n) is 7.77. The maximum Gasteiger partial charge on any atom is 0.249 e. The standard InChI is InChI=1S/C17H19ClN4O2/c1-20-9-7-12(19-20)11-16(23)21(2)15-8-10-22(17(15)24)14-6-4-3-5-13(14)18/h3-7,9,15H,8,10-11H2,1-2H3/t15-/m1/s1. The number of benzene rings is 1. The SMILES string of the molecule is CN(C(=O)Cc1ccn(C)n1)[C@@H]1CCN(c2ccccc2Cl)C1=O. The zero-order valence-electron chi connectivity index (χ0n) is 13.6. The first kappa shape index (κ1) is 16.5. The Morgan fingerprint density at radius 3 is 2.79 bits per heavy atom. The van der Waals surface area contributed by atoms with E-state index >= 15 is 0 Å². The number of hydrogen-bond acceptors (Lipinski definition) is 3. The minimum Gasteiger partial charge on any atom is -0.333 e. The summed E-state index contributed by atoms with van der Waals surface area (Å²) >= 11 is 6.18. The highest BCUT2D eigenvalue weighted by atomic mass is 35.5. The van der Waals surface area contributed by atoms with Crippen molar-refractivity contribution in [2.24, 2.45) is 7.05 Å². The van der Waals surface area contributed by atoms with Crippen molar-refractivity contribution < 1.29 is 9.59 Å². The number of carbonyl (C=O) groups excluding carboxylic acids is 2. The molecule has 1 aromatic carbocycles. The Balaban J connectivity index is 1.70. The van der Waals surface area contributed by atoms with Crippen LogP contribution in [-0.4, -0.2) is 46.1 Å². The Kier molecular flexibility index (Phi) is 4.57. The lowest BCUT2D eigenvalue weighted by Crippen LogP contribution is -2.43. The normalized spacial score (nSPS) is 17.4. The molecule has 0 spiro atoms. The van der Waals surface area contributed by atoms with Crippen LogP contribution in [0.4, 0.5) is 5.69 Å². The van der Waals surface area contributed by atoms with E-state index in [-0.39, 0.29) is 18.2 Å². The number of para-hydroxylation sites is 1. The minimum atomic E-state index is -0.461. The van der Waals surface area contributed by atoms with E-state index in [0.717, 1.165) is 0 Å². The van der Waals surface area contributed by atoms with Gasteiger partial charge < -0.3 is 9.80 Å². The third-order valence-electron chi connectivity index (χ3n) is 4.28. The summed E-state index contributed by atoms with van der Waals surface area (Å²) in [7, 11) is 3.48. The van der Waals surface area contributed by atoms with Crippen LogP contribution in [0.25, 0.3) is 0 Å². The molecule has 1 saturated heterocycles. The average molecular weight is 347 g/mol. The zero-order valence-corrected chi connectivity index (χ0v) is 14.4. The summed E-state index contributed by atoms with van der Waals surface area (Å²) in [5, 5.41) is 4.75. The highest BCUT2D eigenvalue weighted by Crippen LogP contribution is 2.30. The predicted octanol–water partition coefficient (Wildman–Crippen LogP) is 1.88. The number of nitrogens with zero attached hydrogens (tertiary/aromatic N) is 4. The molecule has 2 amide bonds. The average Bonchev–Trinajstić information content (AvgIpc) is 3.13. The van der Waals surface area contributed by atoms with Gasteiger partial charge in [0, 0.05) is 26.8 Å². The first-order valence-corrected chi connectivity index (χ1v) is 8.15. The topological polar surface area (TPSA) is 58.4 Å². The van der Waals surface area contributed by atoms with Crippen molar-refractivity contribution in [1.82, 2.24) is 14.7 Å². The molecule has 0 aliphatic carbocycles. The maximum absolute atomic E-state index is 12.7. The number of aryl methyl sites for hydroxylation is 1. The van der Waals surface area contributed by atoms with Gasteiger partial charge in [-0.2, -0.15) is 5.10 Å². The first-order chi connectivity index (χ1) is 11.5. The van der Waals surface area contributed by atoms with Gasteiger partial charge in [0.05, 0.1) is 22.8 Å². The highest BCUT2D eigenvalue weighted by molar-refractivity contribution is 6.34. The molecule has 0 unspecified atom stereocenters. The molecule has 1 atom stereocenters. The van der Waals surface area contributed by atoms with Crippen LogP contribution in [0.15, 0.2) is 36.5 Å². The summed E-state index contributed by atoms with van der Waals surface area (Å²) in [6.45, 7) is 0.550. The van der Waals surface area contributed by atoms with Crippen molar-refractivity contribution in [3.63, 3.8) is 0 Å². The molecule has 2 aromatic rings. The van der Waals surface area contributed by atoms with E-state index in [4.69, 9.17) is 11.6 Å². The maximum atomic E-state index is 12.7. The number of carbonyl (C=O) groups is 2. The van der Waals surface area contributed by atoms with Crippen molar-refractivity contribution in [2.75, 3.05) is 18.5 Å². The molecule has 1 aliphatic heterocycles. The Morgan fingerprint density at radius 2 is 2.12 bits per heavy atom. The summed E-state index contributed by atoms with van der Waals surface area (Å²) in [5.41, 5.74) is 1.39. The summed E-state index contributed by atoms with van der Waals surface area (Å²) < 4.78 is 1.66. The van der Waals surface area contributed by atoms with Crippen LogP contribution >= 0.6 is 11.6 Å². The molecule has 0 N–H and O–H groups in total. The minimum absolute atomic E-state index is 0.0972. The molecule has 3 rings (SSSR count). The molecule has 0 bridgehead atoms. The van der Waals surface area contributed by atoms with Gasteiger partial charge in [-0.3, -0.25) is 14.3 Å². The molecule has 126 valence electrons. The number of rotatable bonds is 4. The smallest absolute Gasteiger partial charge is 0.249 e. The van der Waals surface area contributed by atoms with E-state index in [1.54, 1.807) is 42.0 Å². The summed E-state index contributed by atoms with van der Waals surface area (Å²) in [4.78, 5) is 28.3. The highest BCUT2D eigenvalue weighted by Gasteiger charge is 2.37. The van der Waals surface area contributed by atoms with Gasteiger partial charge in [-0.15, -0.1) is 0 Å². The summed E-state index contributed by atoms with van der Waals surface area (Å²) in [6, 6.07) is 8.59. The summed E-state index contributed by atoms with van der Waals surface area (Å²) in [5.74, 6) is -0.215. The predicted molar refractivity (Wildman–Crippen MR) is 91.9 cm³/mol. The van der Waals surface area contributed by atoms with E-state index in [2.05, 4.69) is 5.10 Å². The van der Waals surface area contributed by atoms with E-state index in [9.17, 15) is 9.59 Å². The lowest BCUT2D eigenvalue weighted by atomic mass is 10.2. The van der Waals surface area contributed by atoms with Crippen molar-refractivity contribution in [3.8, 4) is 0 Å². The van der Waals surface area contributed by atoms with Crippen molar-refractivity contribution >= 4 is 29.1 Å². The fraction of sp³-hybridized carbons (Fsp3) is 0.353. The van der Waals surface area contributed by atoms with Gasteiger partial charge in [0.1, 0.15) is 6.04 Å². The van der Waals surface area contributed by atoms with Crippen LogP contribution in [0.5, 0.6) is 0 Å². The molecule has 1 aliphatic rings. The number of aromatic nitrogens is 2.